The lowest BCUT2D eigenvalue weighted by Crippen LogP contribution is -2.36. The molecule has 2 aromatic carbocycles. The van der Waals surface area contributed by atoms with Crippen molar-refractivity contribution in [2.75, 3.05) is 17.2 Å². The molecule has 0 spiro atoms. The van der Waals surface area contributed by atoms with Crippen molar-refractivity contribution in [2.45, 2.75) is 58.1 Å². The molecule has 160 valence electrons. The number of benzene rings is 2. The molecule has 2 amide bonds. The lowest BCUT2D eigenvalue weighted by molar-refractivity contribution is -0.114. The average molecular weight is 410 g/mol. The van der Waals surface area contributed by atoms with Crippen LogP contribution in [0.4, 0.5) is 11.4 Å². The summed E-state index contributed by atoms with van der Waals surface area (Å²) in [6, 6.07) is 14.9. The topological polar surface area (TPSA) is 79.5 Å². The number of hydrogen-bond donors (Lipinski definition) is 3. The Kier molecular flexibility index (Phi) is 7.71. The highest BCUT2D eigenvalue weighted by molar-refractivity contribution is 5.96. The molecule has 6 heteroatoms. The minimum Gasteiger partial charge on any atom is -0.489 e. The van der Waals surface area contributed by atoms with Crippen molar-refractivity contribution >= 4 is 23.2 Å². The highest BCUT2D eigenvalue weighted by Gasteiger charge is 2.16. The number of amides is 2. The molecular weight excluding hydrogens is 378 g/mol. The largest absolute Gasteiger partial charge is 0.489 e. The highest BCUT2D eigenvalue weighted by atomic mass is 16.5. The van der Waals surface area contributed by atoms with Crippen molar-refractivity contribution in [3.63, 3.8) is 0 Å². The van der Waals surface area contributed by atoms with Gasteiger partial charge in [0.25, 0.3) is 5.91 Å². The molecule has 0 atom stereocenters. The first-order valence-electron chi connectivity index (χ1n) is 10.7. The molecule has 1 aliphatic rings. The second kappa shape index (κ2) is 10.7. The van der Waals surface area contributed by atoms with Crippen molar-refractivity contribution in [1.82, 2.24) is 5.32 Å². The predicted molar refractivity (Wildman–Crippen MR) is 120 cm³/mol. The number of rotatable bonds is 8. The van der Waals surface area contributed by atoms with E-state index >= 15 is 0 Å². The van der Waals surface area contributed by atoms with E-state index in [0.29, 0.717) is 17.0 Å². The summed E-state index contributed by atoms with van der Waals surface area (Å²) in [7, 11) is 0. The van der Waals surface area contributed by atoms with Crippen LogP contribution < -0.4 is 20.7 Å². The van der Waals surface area contributed by atoms with E-state index in [9.17, 15) is 9.59 Å². The van der Waals surface area contributed by atoms with Crippen molar-refractivity contribution < 1.29 is 14.3 Å². The zero-order valence-electron chi connectivity index (χ0n) is 17.7. The van der Waals surface area contributed by atoms with Gasteiger partial charge >= 0.3 is 0 Å². The van der Waals surface area contributed by atoms with Gasteiger partial charge in [-0.05, 0) is 63.1 Å². The average Bonchev–Trinajstić information content (AvgIpc) is 2.74. The smallest absolute Gasteiger partial charge is 0.251 e. The van der Waals surface area contributed by atoms with E-state index in [1.165, 1.54) is 19.3 Å². The second-order valence-corrected chi connectivity index (χ2v) is 7.95. The van der Waals surface area contributed by atoms with Crippen LogP contribution in [0.3, 0.4) is 0 Å². The van der Waals surface area contributed by atoms with E-state index in [1.54, 1.807) is 12.1 Å². The van der Waals surface area contributed by atoms with Crippen LogP contribution in [0.25, 0.3) is 0 Å². The minimum atomic E-state index is -0.172. The fraction of sp³-hybridized carbons (Fsp3) is 0.417. The molecule has 6 nitrogen and oxygen atoms in total. The van der Waals surface area contributed by atoms with Gasteiger partial charge in [0.15, 0.2) is 0 Å². The zero-order valence-corrected chi connectivity index (χ0v) is 17.7. The third-order valence-corrected chi connectivity index (χ3v) is 5.06. The van der Waals surface area contributed by atoms with Crippen LogP contribution in [0.1, 0.15) is 56.3 Å². The first kappa shape index (κ1) is 21.7. The van der Waals surface area contributed by atoms with Crippen LogP contribution in [0, 0.1) is 0 Å². The molecule has 2 aromatic rings. The maximum Gasteiger partial charge on any atom is 0.251 e. The van der Waals surface area contributed by atoms with Crippen LogP contribution >= 0.6 is 0 Å². The summed E-state index contributed by atoms with van der Waals surface area (Å²) in [5, 5.41) is 9.07. The van der Waals surface area contributed by atoms with Crippen molar-refractivity contribution in [3.8, 4) is 5.75 Å². The summed E-state index contributed by atoms with van der Waals surface area (Å²) in [5.74, 6) is 0.441. The molecule has 0 aromatic heterocycles. The Morgan fingerprint density at radius 3 is 2.40 bits per heavy atom. The number of nitrogens with one attached hydrogen (secondary N) is 3. The number of para-hydroxylation sites is 2. The van der Waals surface area contributed by atoms with E-state index in [2.05, 4.69) is 16.0 Å². The Balaban J connectivity index is 1.49. The maximum absolute atomic E-state index is 12.4. The van der Waals surface area contributed by atoms with Gasteiger partial charge in [0.2, 0.25) is 5.91 Å². The van der Waals surface area contributed by atoms with Crippen LogP contribution in [-0.4, -0.2) is 30.5 Å². The molecule has 0 heterocycles. The fourth-order valence-electron chi connectivity index (χ4n) is 3.56. The molecule has 0 radical (unpaired) electrons. The molecule has 30 heavy (non-hydrogen) atoms. The van der Waals surface area contributed by atoms with Gasteiger partial charge in [0, 0.05) is 17.3 Å². The molecular formula is C24H31N3O3. The number of carbonyl (C=O) groups excluding carboxylic acids is 2. The monoisotopic (exact) mass is 409 g/mol. The third-order valence-electron chi connectivity index (χ3n) is 5.06. The zero-order chi connectivity index (χ0) is 21.3. The molecule has 1 fully saturated rings. The van der Waals surface area contributed by atoms with Gasteiger partial charge < -0.3 is 20.7 Å². The molecule has 3 N–H and O–H groups in total. The van der Waals surface area contributed by atoms with Crippen LogP contribution in [-0.2, 0) is 4.79 Å². The Bertz CT molecular complexity index is 843. The molecule has 1 aliphatic carbocycles. The summed E-state index contributed by atoms with van der Waals surface area (Å²) in [6.45, 7) is 4.00. The summed E-state index contributed by atoms with van der Waals surface area (Å²) in [6.07, 6.45) is 5.78. The first-order valence-corrected chi connectivity index (χ1v) is 10.7. The first-order chi connectivity index (χ1) is 14.5. The summed E-state index contributed by atoms with van der Waals surface area (Å²) in [4.78, 5) is 24.7. The summed E-state index contributed by atoms with van der Waals surface area (Å²) in [5.41, 5.74) is 2.06. The lowest BCUT2D eigenvalue weighted by atomic mass is 9.95. The molecule has 0 unspecified atom stereocenters. The van der Waals surface area contributed by atoms with E-state index in [4.69, 9.17) is 4.74 Å². The van der Waals surface area contributed by atoms with E-state index in [0.717, 1.165) is 18.5 Å². The molecule has 0 saturated heterocycles. The van der Waals surface area contributed by atoms with Gasteiger partial charge in [-0.3, -0.25) is 9.59 Å². The molecule has 0 bridgehead atoms. The molecule has 3 rings (SSSR count). The van der Waals surface area contributed by atoms with Crippen molar-refractivity contribution in [1.29, 1.82) is 0 Å². The van der Waals surface area contributed by atoms with Gasteiger partial charge in [0.05, 0.1) is 18.3 Å². The number of carbonyl (C=O) groups is 2. The van der Waals surface area contributed by atoms with Gasteiger partial charge in [-0.15, -0.1) is 0 Å². The Morgan fingerprint density at radius 1 is 1.00 bits per heavy atom. The summed E-state index contributed by atoms with van der Waals surface area (Å²) < 4.78 is 5.73. The Labute approximate surface area is 178 Å². The van der Waals surface area contributed by atoms with Crippen LogP contribution in [0.2, 0.25) is 0 Å². The van der Waals surface area contributed by atoms with Crippen LogP contribution in [0.15, 0.2) is 48.5 Å². The van der Waals surface area contributed by atoms with Crippen molar-refractivity contribution in [2.24, 2.45) is 0 Å². The molecule has 0 aliphatic heterocycles. The summed E-state index contributed by atoms with van der Waals surface area (Å²) >= 11 is 0. The maximum atomic E-state index is 12.4. The van der Waals surface area contributed by atoms with E-state index < -0.39 is 0 Å². The van der Waals surface area contributed by atoms with E-state index in [-0.39, 0.29) is 30.5 Å². The standard InChI is InChI=1S/C24H31N3O3/c1-17(2)30-22-11-7-6-10-21(22)27-23(28)16-25-19-14-12-18(13-15-19)24(29)26-20-8-4-3-5-9-20/h6-7,10-15,17,20,25H,3-5,8-9,16H2,1-2H3,(H,26,29)(H,27,28). The van der Waals surface area contributed by atoms with Gasteiger partial charge in [0.1, 0.15) is 5.75 Å². The Morgan fingerprint density at radius 2 is 1.70 bits per heavy atom. The number of hydrogen-bond acceptors (Lipinski definition) is 4. The number of ether oxygens (including phenoxy) is 1. The van der Waals surface area contributed by atoms with E-state index in [1.807, 2.05) is 50.2 Å². The second-order valence-electron chi connectivity index (χ2n) is 7.95. The number of anilines is 2. The van der Waals surface area contributed by atoms with Gasteiger partial charge in [-0.1, -0.05) is 31.4 Å². The normalized spacial score (nSPS) is 14.2. The predicted octanol–water partition coefficient (Wildman–Crippen LogP) is 4.59. The SMILES string of the molecule is CC(C)Oc1ccccc1NC(=O)CNc1ccc(C(=O)NC2CCCCC2)cc1. The Hall–Kier alpha value is -3.02. The highest BCUT2D eigenvalue weighted by Crippen LogP contribution is 2.24. The molecule has 1 saturated carbocycles. The lowest BCUT2D eigenvalue weighted by Gasteiger charge is -2.22. The quantitative estimate of drug-likeness (QED) is 0.596. The third kappa shape index (κ3) is 6.51. The minimum absolute atomic E-state index is 0.0232. The van der Waals surface area contributed by atoms with Gasteiger partial charge in [-0.25, -0.2) is 0 Å². The van der Waals surface area contributed by atoms with Crippen LogP contribution in [0.5, 0.6) is 5.75 Å². The fourth-order valence-corrected chi connectivity index (χ4v) is 3.56. The van der Waals surface area contributed by atoms with Crippen molar-refractivity contribution in [3.05, 3.63) is 54.1 Å². The van der Waals surface area contributed by atoms with Gasteiger partial charge in [-0.2, -0.15) is 0 Å².